The Morgan fingerprint density at radius 1 is 1.05 bits per heavy atom. The van der Waals surface area contributed by atoms with Gasteiger partial charge in [0.25, 0.3) is 0 Å². The quantitative estimate of drug-likeness (QED) is 0.255. The molecule has 8 heteroatoms. The Balaban J connectivity index is 0. The van der Waals surface area contributed by atoms with E-state index in [2.05, 4.69) is 26.0 Å². The molecule has 0 aliphatic rings. The molecule has 0 saturated heterocycles. The second-order valence-electron chi connectivity index (χ2n) is 5.70. The van der Waals surface area contributed by atoms with Crippen LogP contribution in [0.25, 0.3) is 10.4 Å². The van der Waals surface area contributed by atoms with Crippen LogP contribution in [0, 0.1) is 0 Å². The molecule has 0 saturated carbocycles. The van der Waals surface area contributed by atoms with Gasteiger partial charge in [-0.1, -0.05) is 21.0 Å². The zero-order valence-corrected chi connectivity index (χ0v) is 14.4. The molecule has 0 amide bonds. The number of carbonyl (C=O) groups is 2. The molecule has 116 valence electrons. The molecule has 0 rings (SSSR count). The molecule has 0 N–H and O–H groups in total. The Hall–Kier alpha value is -1.27. The number of hydrogen-bond donors (Lipinski definition) is 0. The van der Waals surface area contributed by atoms with Crippen LogP contribution in [0.4, 0.5) is 0 Å². The average Bonchev–Trinajstić information content (AvgIpc) is 2.22. The minimum atomic E-state index is -0.512. The maximum Gasteiger partial charge on any atom is 0.317 e. The Labute approximate surface area is 127 Å². The molecule has 0 aromatic rings. The summed E-state index contributed by atoms with van der Waals surface area (Å²) in [5.41, 5.74) is 7.00. The number of nitrogens with zero attached hydrogens (tertiary/aromatic N) is 3. The number of hydrogen-bond acceptors (Lipinski definition) is 5. The first kappa shape index (κ1) is 21.0. The van der Waals surface area contributed by atoms with Crippen molar-refractivity contribution in [3.8, 4) is 0 Å². The summed E-state index contributed by atoms with van der Waals surface area (Å²) < 4.78 is 9.74. The Kier molecular flexibility index (Phi) is 10.1. The lowest BCUT2D eigenvalue weighted by molar-refractivity contribution is -0.153. The summed E-state index contributed by atoms with van der Waals surface area (Å²) in [7, 11) is 0. The van der Waals surface area contributed by atoms with Crippen LogP contribution in [0.3, 0.4) is 0 Å². The molecule has 0 unspecified atom stereocenters. The minimum Gasteiger partial charge on any atom is -0.460 e. The normalized spacial score (nSPS) is 10.6. The molecule has 0 bridgehead atoms. The highest BCUT2D eigenvalue weighted by Crippen LogP contribution is 2.07. The van der Waals surface area contributed by atoms with E-state index in [1.54, 1.807) is 20.8 Å². The molecule has 0 spiro atoms. The van der Waals surface area contributed by atoms with Crippen molar-refractivity contribution < 1.29 is 19.1 Å². The fraction of sp³-hybridized carbons (Fsp3) is 0.833. The summed E-state index contributed by atoms with van der Waals surface area (Å²) in [6, 6.07) is 0. The number of carbonyl (C=O) groups excluding carboxylic acids is 2. The van der Waals surface area contributed by atoms with Crippen molar-refractivity contribution >= 4 is 27.9 Å². The van der Waals surface area contributed by atoms with Crippen molar-refractivity contribution in [3.63, 3.8) is 0 Å². The summed E-state index contributed by atoms with van der Waals surface area (Å²) in [4.78, 5) is 23.7. The van der Waals surface area contributed by atoms with Crippen molar-refractivity contribution in [2.75, 3.05) is 11.9 Å². The van der Waals surface area contributed by atoms with Gasteiger partial charge in [0, 0.05) is 4.91 Å². The highest BCUT2D eigenvalue weighted by molar-refractivity contribution is 9.09. The Morgan fingerprint density at radius 2 is 1.45 bits per heavy atom. The Morgan fingerprint density at radius 3 is 1.70 bits per heavy atom. The predicted molar refractivity (Wildman–Crippen MR) is 79.5 cm³/mol. The number of esters is 2. The topological polar surface area (TPSA) is 101 Å². The maximum atomic E-state index is 10.7. The molecule has 0 aromatic heterocycles. The highest BCUT2D eigenvalue weighted by atomic mass is 79.9. The van der Waals surface area contributed by atoms with E-state index in [4.69, 9.17) is 15.0 Å². The van der Waals surface area contributed by atoms with Crippen molar-refractivity contribution in [2.24, 2.45) is 5.11 Å². The van der Waals surface area contributed by atoms with E-state index >= 15 is 0 Å². The maximum absolute atomic E-state index is 10.7. The molecule has 7 nitrogen and oxygen atoms in total. The molecular formula is C12H22BrN3O4. The first-order valence-corrected chi connectivity index (χ1v) is 7.04. The molecule has 0 aliphatic carbocycles. The summed E-state index contributed by atoms with van der Waals surface area (Å²) in [6.07, 6.45) is 0. The summed E-state index contributed by atoms with van der Waals surface area (Å²) in [6.45, 7) is 10.5. The summed E-state index contributed by atoms with van der Waals surface area (Å²) in [5, 5.41) is 3.33. The summed E-state index contributed by atoms with van der Waals surface area (Å²) >= 11 is 2.99. The van der Waals surface area contributed by atoms with E-state index in [0.29, 0.717) is 0 Å². The lowest BCUT2D eigenvalue weighted by atomic mass is 10.2. The highest BCUT2D eigenvalue weighted by Gasteiger charge is 2.15. The van der Waals surface area contributed by atoms with Gasteiger partial charge in [-0.3, -0.25) is 9.59 Å². The fourth-order valence-corrected chi connectivity index (χ4v) is 0.946. The largest absolute Gasteiger partial charge is 0.460 e. The first-order chi connectivity index (χ1) is 8.91. The van der Waals surface area contributed by atoms with Crippen molar-refractivity contribution in [1.82, 2.24) is 0 Å². The smallest absolute Gasteiger partial charge is 0.317 e. The monoisotopic (exact) mass is 351 g/mol. The van der Waals surface area contributed by atoms with Gasteiger partial charge in [-0.2, -0.15) is 0 Å². The average molecular weight is 352 g/mol. The molecule has 0 fully saturated rings. The lowest BCUT2D eigenvalue weighted by Crippen LogP contribution is -2.25. The molecule has 20 heavy (non-hydrogen) atoms. The van der Waals surface area contributed by atoms with E-state index in [0.717, 1.165) is 0 Å². The van der Waals surface area contributed by atoms with Crippen LogP contribution >= 0.6 is 15.9 Å². The van der Waals surface area contributed by atoms with Gasteiger partial charge in [0.2, 0.25) is 0 Å². The van der Waals surface area contributed by atoms with Gasteiger partial charge in [-0.05, 0) is 47.1 Å². The number of rotatable bonds is 3. The van der Waals surface area contributed by atoms with Crippen LogP contribution in [-0.4, -0.2) is 35.0 Å². The van der Waals surface area contributed by atoms with Gasteiger partial charge < -0.3 is 9.47 Å². The molecular weight excluding hydrogens is 330 g/mol. The molecule has 0 atom stereocenters. The van der Waals surface area contributed by atoms with E-state index in [-0.39, 0.29) is 23.4 Å². The van der Waals surface area contributed by atoms with E-state index in [1.807, 2.05) is 20.8 Å². The van der Waals surface area contributed by atoms with Gasteiger partial charge in [0.15, 0.2) is 0 Å². The fourth-order valence-electron chi connectivity index (χ4n) is 0.832. The zero-order chi connectivity index (χ0) is 16.4. The third-order valence-corrected chi connectivity index (χ3v) is 1.67. The number of alkyl halides is 1. The van der Waals surface area contributed by atoms with Crippen molar-refractivity contribution in [3.05, 3.63) is 10.4 Å². The number of ether oxygens (including phenoxy) is 2. The van der Waals surface area contributed by atoms with Crippen LogP contribution < -0.4 is 0 Å². The van der Waals surface area contributed by atoms with Crippen molar-refractivity contribution in [1.29, 1.82) is 0 Å². The van der Waals surface area contributed by atoms with Crippen LogP contribution in [0.15, 0.2) is 5.11 Å². The standard InChI is InChI=1S/C6H11BrO2.C6H11N3O2/c1-6(2,3)9-5(8)4-7;1-6(2,3)11-5(10)4-8-9-7/h4H2,1-3H3;4H2,1-3H3. The SMILES string of the molecule is CC(C)(C)OC(=O)CBr.CC(C)(C)OC(=O)CN=[N+]=[N-]. The van der Waals surface area contributed by atoms with Gasteiger partial charge in [-0.25, -0.2) is 0 Å². The van der Waals surface area contributed by atoms with Crippen LogP contribution in [-0.2, 0) is 19.1 Å². The Bertz CT molecular complexity index is 366. The van der Waals surface area contributed by atoms with Gasteiger partial charge >= 0.3 is 11.9 Å². The molecule has 0 heterocycles. The van der Waals surface area contributed by atoms with Crippen molar-refractivity contribution in [2.45, 2.75) is 52.7 Å². The number of halogens is 1. The second kappa shape index (κ2) is 9.61. The summed E-state index contributed by atoms with van der Waals surface area (Å²) in [5.74, 6) is -0.724. The van der Waals surface area contributed by atoms with Crippen LogP contribution in [0.5, 0.6) is 0 Å². The van der Waals surface area contributed by atoms with E-state index in [9.17, 15) is 9.59 Å². The molecule has 0 aliphatic heterocycles. The van der Waals surface area contributed by atoms with Gasteiger partial charge in [0.05, 0.1) is 0 Å². The second-order valence-corrected chi connectivity index (χ2v) is 6.26. The molecule has 0 aromatic carbocycles. The molecule has 0 radical (unpaired) electrons. The van der Waals surface area contributed by atoms with E-state index < -0.39 is 11.6 Å². The third kappa shape index (κ3) is 19.1. The predicted octanol–water partition coefficient (Wildman–Crippen LogP) is 3.36. The van der Waals surface area contributed by atoms with Gasteiger partial charge in [-0.15, -0.1) is 0 Å². The third-order valence-electron chi connectivity index (χ3n) is 1.21. The first-order valence-electron chi connectivity index (χ1n) is 5.92. The van der Waals surface area contributed by atoms with Crippen LogP contribution in [0.2, 0.25) is 0 Å². The van der Waals surface area contributed by atoms with Gasteiger partial charge in [0.1, 0.15) is 23.1 Å². The zero-order valence-electron chi connectivity index (χ0n) is 12.8. The minimum absolute atomic E-state index is 0.220. The van der Waals surface area contributed by atoms with E-state index in [1.165, 1.54) is 0 Å². The van der Waals surface area contributed by atoms with Crippen LogP contribution in [0.1, 0.15) is 41.5 Å². The lowest BCUT2D eigenvalue weighted by Gasteiger charge is -2.18. The number of azide groups is 1.